The van der Waals surface area contributed by atoms with E-state index in [1.54, 1.807) is 22.7 Å². The largest absolute Gasteiger partial charge is 0.439 e. The SMILES string of the molecule is CC(=N/N=C(/[NH-])[SH2+])c1cccs1.CC(=N/N=C(/[NH-])[SH2+])c1cccs1.[CH2-]CCC.[CH2-]CCC.[Sn]. The fourth-order valence-corrected chi connectivity index (χ4v) is 2.76. The summed E-state index contributed by atoms with van der Waals surface area (Å²) in [6.07, 6.45) is 4.56. The molecule has 0 aliphatic heterocycles. The maximum atomic E-state index is 6.96. The smallest absolute Gasteiger partial charge is 0.144 e. The molecule has 2 aromatic heterocycles. The second-order valence-corrected chi connectivity index (χ2v) is 8.77. The Bertz CT molecular complexity index is 721. The summed E-state index contributed by atoms with van der Waals surface area (Å²) in [4.78, 5) is 2.15. The van der Waals surface area contributed by atoms with E-state index in [4.69, 9.17) is 11.5 Å². The summed E-state index contributed by atoms with van der Waals surface area (Å²) in [5.41, 5.74) is 15.6. The molecule has 0 saturated carbocycles. The van der Waals surface area contributed by atoms with Crippen LogP contribution in [0.4, 0.5) is 0 Å². The van der Waals surface area contributed by atoms with Gasteiger partial charge in [-0.2, -0.15) is 12.8 Å². The van der Waals surface area contributed by atoms with E-state index in [1.165, 1.54) is 12.8 Å². The summed E-state index contributed by atoms with van der Waals surface area (Å²) < 4.78 is 0. The molecule has 0 aliphatic carbocycles. The molecule has 11 heteroatoms. The van der Waals surface area contributed by atoms with Gasteiger partial charge in [0.15, 0.2) is 0 Å². The van der Waals surface area contributed by atoms with Crippen molar-refractivity contribution in [3.63, 3.8) is 0 Å². The van der Waals surface area contributed by atoms with Crippen molar-refractivity contribution in [2.75, 3.05) is 0 Å². The van der Waals surface area contributed by atoms with Crippen LogP contribution in [0.5, 0.6) is 0 Å². The van der Waals surface area contributed by atoms with Gasteiger partial charge in [-0.15, -0.1) is 22.7 Å². The molecule has 0 spiro atoms. The van der Waals surface area contributed by atoms with E-state index in [0.717, 1.165) is 34.0 Å². The van der Waals surface area contributed by atoms with E-state index >= 15 is 0 Å². The van der Waals surface area contributed by atoms with Crippen LogP contribution in [0, 0.1) is 13.8 Å². The second kappa shape index (κ2) is 25.8. The standard InChI is InChI=1S/2C7H8N3S2.2C4H9.Sn/c2*1-5(9-10-7(8)11)6-3-2-4-12-6;2*1-3-4-2;/h2*2-4H,1H3,(H2-,8,10,11);2*1,3-4H2,2H3;/q4*-1;/p+2. The quantitative estimate of drug-likeness (QED) is 0.0853. The van der Waals surface area contributed by atoms with E-state index in [9.17, 15) is 0 Å². The normalized spacial score (nSPS) is 11.6. The molecule has 0 amide bonds. The number of hydrogen-bond donors (Lipinski definition) is 0. The van der Waals surface area contributed by atoms with Crippen molar-refractivity contribution in [3.8, 4) is 0 Å². The van der Waals surface area contributed by atoms with Gasteiger partial charge in [-0.05, 0) is 62.0 Å². The predicted octanol–water partition coefficient (Wildman–Crippen LogP) is 6.64. The number of unbranched alkanes of at least 4 members (excludes halogenated alkanes) is 2. The summed E-state index contributed by atoms with van der Waals surface area (Å²) >= 11 is 9.06. The van der Waals surface area contributed by atoms with Crippen LogP contribution >= 0.6 is 22.7 Å². The summed E-state index contributed by atoms with van der Waals surface area (Å²) in [6, 6.07) is 7.85. The average molecular weight is 632 g/mol. The maximum Gasteiger partial charge on any atom is 0.144 e. The molecule has 2 N–H and O–H groups in total. The first-order chi connectivity index (χ1) is 15.2. The van der Waals surface area contributed by atoms with Gasteiger partial charge in [0.1, 0.15) is 10.3 Å². The Morgan fingerprint density at radius 3 is 1.27 bits per heavy atom. The molecule has 0 aliphatic rings. The zero-order chi connectivity index (χ0) is 24.8. The Balaban J connectivity index is -0.000000405. The third kappa shape index (κ3) is 24.1. The Kier molecular flexibility index (Phi) is 28.7. The van der Waals surface area contributed by atoms with E-state index in [1.807, 2.05) is 48.9 Å². The van der Waals surface area contributed by atoms with Gasteiger partial charge >= 0.3 is 0 Å². The zero-order valence-corrected chi connectivity index (χ0v) is 26.3. The van der Waals surface area contributed by atoms with E-state index < -0.39 is 0 Å². The van der Waals surface area contributed by atoms with Gasteiger partial charge in [0.25, 0.3) is 0 Å². The molecule has 33 heavy (non-hydrogen) atoms. The molecule has 2 aromatic rings. The summed E-state index contributed by atoms with van der Waals surface area (Å²) in [6.45, 7) is 15.2. The second-order valence-electron chi connectivity index (χ2n) is 5.93. The maximum absolute atomic E-state index is 6.96. The Labute approximate surface area is 235 Å². The molecule has 0 saturated heterocycles. The minimum atomic E-state index is 0. The van der Waals surface area contributed by atoms with Gasteiger partial charge in [-0.1, -0.05) is 38.8 Å². The third-order valence-corrected chi connectivity index (χ3v) is 5.22. The third-order valence-electron chi connectivity index (χ3n) is 3.06. The van der Waals surface area contributed by atoms with Crippen LogP contribution in [0.3, 0.4) is 0 Å². The molecule has 0 fully saturated rings. The number of nitrogens with one attached hydrogen (secondary N) is 2. The minimum Gasteiger partial charge on any atom is -0.439 e. The molecule has 6 nitrogen and oxygen atoms in total. The molecule has 0 atom stereocenters. The monoisotopic (exact) mass is 632 g/mol. The Morgan fingerprint density at radius 1 is 0.788 bits per heavy atom. The zero-order valence-electron chi connectivity index (χ0n) is 19.8. The molecule has 4 radical (unpaired) electrons. The van der Waals surface area contributed by atoms with E-state index in [-0.39, 0.29) is 34.2 Å². The fourth-order valence-electron chi connectivity index (χ4n) is 1.32. The summed E-state index contributed by atoms with van der Waals surface area (Å²) in [5, 5.41) is 18.9. The van der Waals surface area contributed by atoms with E-state index in [2.05, 4.69) is 73.4 Å². The van der Waals surface area contributed by atoms with Gasteiger partial charge in [0, 0.05) is 33.7 Å². The van der Waals surface area contributed by atoms with Gasteiger partial charge in [0.05, 0.1) is 11.4 Å². The van der Waals surface area contributed by atoms with Gasteiger partial charge < -0.3 is 35.5 Å². The van der Waals surface area contributed by atoms with Gasteiger partial charge in [0.2, 0.25) is 0 Å². The van der Waals surface area contributed by atoms with Crippen LogP contribution in [0.1, 0.15) is 63.1 Å². The van der Waals surface area contributed by atoms with Crippen LogP contribution < -0.4 is 0 Å². The molecule has 0 bridgehead atoms. The average Bonchev–Trinajstić information content (AvgIpc) is 3.51. The number of nitrogens with zero attached hydrogens (tertiary/aromatic N) is 4. The van der Waals surface area contributed by atoms with Crippen molar-refractivity contribution in [1.82, 2.24) is 0 Å². The topological polar surface area (TPSA) is 97.0 Å². The summed E-state index contributed by atoms with van der Waals surface area (Å²) in [7, 11) is 0. The summed E-state index contributed by atoms with van der Waals surface area (Å²) in [5.74, 6) is 0. The van der Waals surface area contributed by atoms with Crippen LogP contribution in [-0.2, 0) is 25.3 Å². The first kappa shape index (κ1) is 36.7. The minimum absolute atomic E-state index is 0. The molecule has 2 rings (SSSR count). The molecular formula is C22H36N6S4Sn-2. The van der Waals surface area contributed by atoms with Crippen molar-refractivity contribution in [2.45, 2.75) is 53.4 Å². The van der Waals surface area contributed by atoms with Crippen LogP contribution in [0.25, 0.3) is 11.5 Å². The van der Waals surface area contributed by atoms with Gasteiger partial charge in [-0.3, -0.25) is 10.2 Å². The van der Waals surface area contributed by atoms with Crippen molar-refractivity contribution < 1.29 is 0 Å². The molecule has 184 valence electrons. The van der Waals surface area contributed by atoms with E-state index in [0.29, 0.717) is 0 Å². The van der Waals surface area contributed by atoms with Crippen molar-refractivity contribution in [3.05, 3.63) is 70.1 Å². The fraction of sp³-hybridized carbons (Fsp3) is 0.364. The molecule has 2 heterocycles. The molecule has 0 unspecified atom stereocenters. The predicted molar refractivity (Wildman–Crippen MR) is 163 cm³/mol. The molecule has 0 aromatic carbocycles. The van der Waals surface area contributed by atoms with Crippen molar-refractivity contribution in [2.24, 2.45) is 20.4 Å². The van der Waals surface area contributed by atoms with Crippen LogP contribution in [-0.4, -0.2) is 45.7 Å². The molecular weight excluding hydrogens is 595 g/mol. The Hall–Kier alpha value is -0.821. The van der Waals surface area contributed by atoms with Crippen LogP contribution in [0.2, 0.25) is 0 Å². The number of rotatable bonds is 6. The Morgan fingerprint density at radius 2 is 1.09 bits per heavy atom. The van der Waals surface area contributed by atoms with Crippen molar-refractivity contribution in [1.29, 1.82) is 0 Å². The first-order valence-corrected chi connectivity index (χ1v) is 12.8. The first-order valence-electron chi connectivity index (χ1n) is 10.00. The van der Waals surface area contributed by atoms with Crippen molar-refractivity contribution >= 4 is 93.6 Å². The number of amidine groups is 2. The van der Waals surface area contributed by atoms with Gasteiger partial charge in [-0.25, -0.2) is 0 Å². The number of hydrogen-bond acceptors (Lipinski definition) is 6. The number of thiophene rings is 2. The van der Waals surface area contributed by atoms with Crippen LogP contribution in [0.15, 0.2) is 55.4 Å².